The van der Waals surface area contributed by atoms with Gasteiger partial charge in [-0.3, -0.25) is 14.9 Å². The Morgan fingerprint density at radius 1 is 0.955 bits per heavy atom. The minimum atomic E-state index is -0.800. The second-order valence-corrected chi connectivity index (χ2v) is 9.83. The van der Waals surface area contributed by atoms with Gasteiger partial charge in [-0.05, 0) is 60.0 Å². The minimum Gasteiger partial charge on any atom is -0.497 e. The maximum atomic E-state index is 13.0. The third kappa shape index (κ3) is 9.07. The van der Waals surface area contributed by atoms with Crippen molar-refractivity contribution in [2.75, 3.05) is 13.7 Å². The fourth-order valence-corrected chi connectivity index (χ4v) is 4.29. The molecule has 0 atom stereocenters. The van der Waals surface area contributed by atoms with Crippen LogP contribution in [0, 0.1) is 6.92 Å². The van der Waals surface area contributed by atoms with Gasteiger partial charge < -0.3 is 29.8 Å². The molecule has 0 aliphatic heterocycles. The van der Waals surface area contributed by atoms with Crippen LogP contribution in [-0.4, -0.2) is 42.7 Å². The van der Waals surface area contributed by atoms with Crippen LogP contribution in [0.25, 0.3) is 11.3 Å². The number of carbonyl (C=O) groups is 3. The minimum absolute atomic E-state index is 0.0765. The summed E-state index contributed by atoms with van der Waals surface area (Å²) in [5.74, 6) is -0.297. The van der Waals surface area contributed by atoms with Gasteiger partial charge in [-0.25, -0.2) is 9.79 Å². The van der Waals surface area contributed by atoms with E-state index < -0.39 is 18.0 Å². The number of hydrogen-bond acceptors (Lipinski definition) is 9. The zero-order chi connectivity index (χ0) is 31.5. The number of rotatable bonds is 11. The first-order valence-electron chi connectivity index (χ1n) is 13.3. The van der Waals surface area contributed by atoms with Gasteiger partial charge >= 0.3 is 12.1 Å². The van der Waals surface area contributed by atoms with Crippen LogP contribution < -0.4 is 21.1 Å². The number of esters is 1. The molecule has 0 fully saturated rings. The van der Waals surface area contributed by atoms with Crippen molar-refractivity contribution in [1.29, 1.82) is 0 Å². The van der Waals surface area contributed by atoms with Crippen LogP contribution in [0.3, 0.4) is 0 Å². The number of guanidine groups is 1. The Hall–Kier alpha value is -5.36. The quantitative estimate of drug-likeness (QED) is 0.124. The van der Waals surface area contributed by atoms with Crippen LogP contribution in [-0.2, 0) is 34.0 Å². The molecule has 0 unspecified atom stereocenters. The van der Waals surface area contributed by atoms with Gasteiger partial charge in [0, 0.05) is 10.6 Å². The van der Waals surface area contributed by atoms with Crippen LogP contribution in [0.1, 0.15) is 32.8 Å². The molecule has 0 radical (unpaired) electrons. The van der Waals surface area contributed by atoms with Crippen molar-refractivity contribution in [2.24, 2.45) is 10.7 Å². The first-order valence-corrected chi connectivity index (χ1v) is 13.7. The van der Waals surface area contributed by atoms with Gasteiger partial charge in [0.1, 0.15) is 42.5 Å². The van der Waals surface area contributed by atoms with Crippen LogP contribution in [0.5, 0.6) is 5.75 Å². The number of halogens is 1. The normalized spacial score (nSPS) is 11.0. The number of nitrogens with two attached hydrogens (primary N) is 1. The first kappa shape index (κ1) is 31.6. The SMILES string of the molecule is COc1ccc(-c2noc(C)c2C(=O)NC(N)=NCc2cc(Cl)cc(COC(=O)NCC(=O)OCc3ccccc3)c2)cc1. The predicted octanol–water partition coefficient (Wildman–Crippen LogP) is 4.53. The summed E-state index contributed by atoms with van der Waals surface area (Å²) in [7, 11) is 1.56. The van der Waals surface area contributed by atoms with E-state index in [0.29, 0.717) is 38.9 Å². The molecule has 0 aliphatic rings. The van der Waals surface area contributed by atoms with Crippen molar-refractivity contribution in [1.82, 2.24) is 15.8 Å². The Bertz CT molecular complexity index is 1640. The second-order valence-electron chi connectivity index (χ2n) is 9.39. The van der Waals surface area contributed by atoms with Gasteiger partial charge in [0.05, 0.1) is 13.7 Å². The molecule has 13 heteroatoms. The summed E-state index contributed by atoms with van der Waals surface area (Å²) in [5, 5.41) is 9.30. The number of aryl methyl sites for hydroxylation is 1. The molecule has 4 N–H and O–H groups in total. The Morgan fingerprint density at radius 3 is 2.39 bits per heavy atom. The Kier molecular flexibility index (Phi) is 10.9. The lowest BCUT2D eigenvalue weighted by Crippen LogP contribution is -2.37. The van der Waals surface area contributed by atoms with Crippen molar-refractivity contribution < 1.29 is 33.1 Å². The number of hydrogen-bond donors (Lipinski definition) is 3. The average Bonchev–Trinajstić information content (AvgIpc) is 3.42. The van der Waals surface area contributed by atoms with E-state index in [4.69, 9.17) is 36.1 Å². The fraction of sp³-hybridized carbons (Fsp3) is 0.194. The van der Waals surface area contributed by atoms with Gasteiger partial charge in [-0.1, -0.05) is 53.2 Å². The van der Waals surface area contributed by atoms with Crippen LogP contribution in [0.4, 0.5) is 4.79 Å². The maximum Gasteiger partial charge on any atom is 0.407 e. The second kappa shape index (κ2) is 15.2. The third-order valence-corrected chi connectivity index (χ3v) is 6.35. The monoisotopic (exact) mass is 619 g/mol. The number of benzene rings is 3. The summed E-state index contributed by atoms with van der Waals surface area (Å²) in [6.07, 6.45) is -0.800. The number of nitrogens with one attached hydrogen (secondary N) is 2. The maximum absolute atomic E-state index is 13.0. The lowest BCUT2D eigenvalue weighted by atomic mass is 10.1. The summed E-state index contributed by atoms with van der Waals surface area (Å²) in [4.78, 5) is 41.2. The number of aromatic nitrogens is 1. The molecule has 0 spiro atoms. The van der Waals surface area contributed by atoms with Crippen molar-refractivity contribution in [3.8, 4) is 17.0 Å². The van der Waals surface area contributed by atoms with Crippen molar-refractivity contribution >= 4 is 35.5 Å². The highest BCUT2D eigenvalue weighted by molar-refractivity contribution is 6.30. The molecule has 1 aromatic heterocycles. The Labute approximate surface area is 258 Å². The predicted molar refractivity (Wildman–Crippen MR) is 162 cm³/mol. The van der Waals surface area contributed by atoms with E-state index >= 15 is 0 Å². The molecular formula is C31H30ClN5O7. The van der Waals surface area contributed by atoms with Crippen molar-refractivity contribution in [3.05, 3.63) is 106 Å². The zero-order valence-electron chi connectivity index (χ0n) is 24.0. The molecule has 44 heavy (non-hydrogen) atoms. The molecule has 0 bridgehead atoms. The number of alkyl carbamates (subject to hydrolysis) is 1. The van der Waals surface area contributed by atoms with E-state index in [1.807, 2.05) is 30.3 Å². The number of carbonyl (C=O) groups excluding carboxylic acids is 3. The molecule has 2 amide bonds. The summed E-state index contributed by atoms with van der Waals surface area (Å²) in [6.45, 7) is 1.34. The fourth-order valence-electron chi connectivity index (χ4n) is 4.01. The molecule has 4 rings (SSSR count). The number of nitrogens with zero attached hydrogens (tertiary/aromatic N) is 2. The van der Waals surface area contributed by atoms with Crippen LogP contribution >= 0.6 is 11.6 Å². The van der Waals surface area contributed by atoms with Crippen molar-refractivity contribution in [3.63, 3.8) is 0 Å². The van der Waals surface area contributed by atoms with E-state index in [2.05, 4.69) is 20.8 Å². The van der Waals surface area contributed by atoms with Gasteiger partial charge in [0.25, 0.3) is 5.91 Å². The molecule has 3 aromatic carbocycles. The largest absolute Gasteiger partial charge is 0.497 e. The van der Waals surface area contributed by atoms with Gasteiger partial charge in [0.15, 0.2) is 5.96 Å². The lowest BCUT2D eigenvalue weighted by Gasteiger charge is -2.09. The number of aliphatic imine (C=N–C) groups is 1. The summed E-state index contributed by atoms with van der Waals surface area (Å²) in [5.41, 5.74) is 9.29. The van der Waals surface area contributed by atoms with E-state index in [1.165, 1.54) is 0 Å². The summed E-state index contributed by atoms with van der Waals surface area (Å²) in [6, 6.07) is 21.2. The van der Waals surface area contributed by atoms with Gasteiger partial charge in [-0.2, -0.15) is 0 Å². The van der Waals surface area contributed by atoms with Crippen LogP contribution in [0.2, 0.25) is 5.02 Å². The Balaban J connectivity index is 1.28. The number of methoxy groups -OCH3 is 1. The molecule has 228 valence electrons. The van der Waals surface area contributed by atoms with E-state index in [-0.39, 0.29) is 37.8 Å². The summed E-state index contributed by atoms with van der Waals surface area (Å²) >= 11 is 6.24. The smallest absolute Gasteiger partial charge is 0.407 e. The topological polar surface area (TPSA) is 167 Å². The molecule has 0 saturated heterocycles. The van der Waals surface area contributed by atoms with Gasteiger partial charge in [-0.15, -0.1) is 0 Å². The summed E-state index contributed by atoms with van der Waals surface area (Å²) < 4.78 is 20.7. The molecular weight excluding hydrogens is 590 g/mol. The van der Waals surface area contributed by atoms with Crippen molar-refractivity contribution in [2.45, 2.75) is 26.7 Å². The third-order valence-electron chi connectivity index (χ3n) is 6.13. The average molecular weight is 620 g/mol. The number of amides is 2. The van der Waals surface area contributed by atoms with Gasteiger partial charge in [0.2, 0.25) is 0 Å². The molecule has 0 aliphatic carbocycles. The van der Waals surface area contributed by atoms with E-state index in [9.17, 15) is 14.4 Å². The Morgan fingerprint density at radius 2 is 1.66 bits per heavy atom. The zero-order valence-corrected chi connectivity index (χ0v) is 24.7. The van der Waals surface area contributed by atoms with E-state index in [0.717, 1.165) is 5.56 Å². The first-order chi connectivity index (χ1) is 21.2. The highest BCUT2D eigenvalue weighted by Gasteiger charge is 2.22. The molecule has 4 aromatic rings. The lowest BCUT2D eigenvalue weighted by molar-refractivity contribution is -0.143. The molecule has 1 heterocycles. The van der Waals surface area contributed by atoms with Crippen LogP contribution in [0.15, 0.2) is 82.3 Å². The highest BCUT2D eigenvalue weighted by Crippen LogP contribution is 2.27. The molecule has 0 saturated carbocycles. The van der Waals surface area contributed by atoms with E-state index in [1.54, 1.807) is 56.5 Å². The number of ether oxygens (including phenoxy) is 3. The highest BCUT2D eigenvalue weighted by atomic mass is 35.5. The molecule has 12 nitrogen and oxygen atoms in total. The standard InChI is InChI=1S/C31H30ClN5O7/c1-19-27(28(37-44-19)23-8-10-25(41-2)11-9-23)29(39)36-30(33)34-15-21-12-22(14-24(32)13-21)18-43-31(40)35-16-26(38)42-17-20-6-4-3-5-7-20/h3-14H,15-18H2,1-2H3,(H,35,40)(H3,33,34,36,39).